The van der Waals surface area contributed by atoms with Crippen LogP contribution in [-0.2, 0) is 4.79 Å². The number of nitrogens with zero attached hydrogens (tertiary/aromatic N) is 1. The lowest BCUT2D eigenvalue weighted by Gasteiger charge is -2.10. The fourth-order valence-corrected chi connectivity index (χ4v) is 2.84. The van der Waals surface area contributed by atoms with E-state index in [2.05, 4.69) is 5.32 Å². The monoisotopic (exact) mass is 284 g/mol. The molecule has 0 spiro atoms. The molecule has 2 aromatic rings. The van der Waals surface area contributed by atoms with Crippen LogP contribution < -0.4 is 10.2 Å². The summed E-state index contributed by atoms with van der Waals surface area (Å²) in [6, 6.07) is 12.4. The van der Waals surface area contributed by atoms with Crippen molar-refractivity contribution in [2.75, 3.05) is 4.90 Å². The molecule has 5 heteroatoms. The molecule has 1 aromatic heterocycles. The molecule has 100 valence electrons. The number of amides is 3. The minimum Gasteiger partial charge on any atom is -0.302 e. The molecule has 1 N–H and O–H groups in total. The maximum atomic E-state index is 12.3. The van der Waals surface area contributed by atoms with Crippen LogP contribution in [0.1, 0.15) is 9.75 Å². The number of thiophene rings is 1. The van der Waals surface area contributed by atoms with Crippen molar-refractivity contribution in [2.24, 2.45) is 0 Å². The quantitative estimate of drug-likeness (QED) is 0.680. The highest BCUT2D eigenvalue weighted by Crippen LogP contribution is 2.24. The van der Waals surface area contributed by atoms with Crippen molar-refractivity contribution in [3.05, 3.63) is 57.9 Å². The Kier molecular flexibility index (Phi) is 3.12. The summed E-state index contributed by atoms with van der Waals surface area (Å²) in [5.74, 6) is -0.327. The van der Waals surface area contributed by atoms with Crippen LogP contribution in [0.15, 0.2) is 48.2 Å². The lowest BCUT2D eigenvalue weighted by atomic mass is 10.3. The molecule has 4 nitrogen and oxygen atoms in total. The van der Waals surface area contributed by atoms with E-state index in [-0.39, 0.29) is 5.91 Å². The Balaban J connectivity index is 1.93. The van der Waals surface area contributed by atoms with E-state index in [4.69, 9.17) is 0 Å². The van der Waals surface area contributed by atoms with E-state index in [0.29, 0.717) is 11.4 Å². The Morgan fingerprint density at radius 3 is 2.50 bits per heavy atom. The molecule has 0 unspecified atom stereocenters. The minimum absolute atomic E-state index is 0.306. The number of imide groups is 1. The molecular weight excluding hydrogens is 272 g/mol. The van der Waals surface area contributed by atoms with E-state index < -0.39 is 6.03 Å². The van der Waals surface area contributed by atoms with Gasteiger partial charge >= 0.3 is 6.03 Å². The Hall–Kier alpha value is -2.40. The summed E-state index contributed by atoms with van der Waals surface area (Å²) >= 11 is 1.58. The zero-order valence-corrected chi connectivity index (χ0v) is 11.6. The number of anilines is 1. The SMILES string of the molecule is Cc1ccc(C=C2NC(=O)N(c3ccccc3)C2=O)s1. The van der Waals surface area contributed by atoms with Gasteiger partial charge in [-0.25, -0.2) is 9.69 Å². The lowest BCUT2D eigenvalue weighted by molar-refractivity contribution is -0.113. The summed E-state index contributed by atoms with van der Waals surface area (Å²) in [6.07, 6.45) is 1.71. The van der Waals surface area contributed by atoms with Crippen molar-refractivity contribution in [1.82, 2.24) is 5.32 Å². The van der Waals surface area contributed by atoms with E-state index in [1.54, 1.807) is 41.7 Å². The summed E-state index contributed by atoms with van der Waals surface area (Å²) in [4.78, 5) is 27.5. The summed E-state index contributed by atoms with van der Waals surface area (Å²) in [5, 5.41) is 2.62. The fourth-order valence-electron chi connectivity index (χ4n) is 2.02. The first-order valence-corrected chi connectivity index (χ1v) is 6.95. The number of hydrogen-bond donors (Lipinski definition) is 1. The zero-order valence-electron chi connectivity index (χ0n) is 10.8. The summed E-state index contributed by atoms with van der Waals surface area (Å²) in [6.45, 7) is 2.00. The van der Waals surface area contributed by atoms with Gasteiger partial charge in [-0.3, -0.25) is 4.79 Å². The van der Waals surface area contributed by atoms with Crippen LogP contribution >= 0.6 is 11.3 Å². The Labute approximate surface area is 120 Å². The first-order chi connectivity index (χ1) is 9.65. The normalized spacial score (nSPS) is 16.9. The molecule has 1 aromatic carbocycles. The standard InChI is InChI=1S/C15H12N2O2S/c1-10-7-8-12(20-10)9-13-14(18)17(15(19)16-13)11-5-3-2-4-6-11/h2-9H,1H3,(H,16,19). The predicted molar refractivity (Wildman–Crippen MR) is 79.5 cm³/mol. The van der Waals surface area contributed by atoms with Gasteiger partial charge in [-0.15, -0.1) is 11.3 Å². The smallest absolute Gasteiger partial charge is 0.302 e. The molecule has 0 aliphatic carbocycles. The third-order valence-electron chi connectivity index (χ3n) is 2.94. The Morgan fingerprint density at radius 1 is 1.10 bits per heavy atom. The van der Waals surface area contributed by atoms with E-state index >= 15 is 0 Å². The van der Waals surface area contributed by atoms with Gasteiger partial charge in [0.2, 0.25) is 0 Å². The third kappa shape index (κ3) is 2.23. The number of carbonyl (C=O) groups is 2. The van der Waals surface area contributed by atoms with Crippen LogP contribution in [0, 0.1) is 6.92 Å². The molecule has 0 bridgehead atoms. The third-order valence-corrected chi connectivity index (χ3v) is 3.89. The fraction of sp³-hybridized carbons (Fsp3) is 0.0667. The van der Waals surface area contributed by atoms with Crippen molar-refractivity contribution >= 4 is 35.0 Å². The maximum Gasteiger partial charge on any atom is 0.333 e. The van der Waals surface area contributed by atoms with Gasteiger partial charge in [-0.05, 0) is 37.3 Å². The molecular formula is C15H12N2O2S. The predicted octanol–water partition coefficient (Wildman–Crippen LogP) is 3.15. The molecule has 1 saturated heterocycles. The average molecular weight is 284 g/mol. The van der Waals surface area contributed by atoms with Gasteiger partial charge in [0.25, 0.3) is 5.91 Å². The largest absolute Gasteiger partial charge is 0.333 e. The first kappa shape index (κ1) is 12.6. The number of urea groups is 1. The molecule has 1 aliphatic rings. The number of para-hydroxylation sites is 1. The van der Waals surface area contributed by atoms with Crippen LogP contribution in [-0.4, -0.2) is 11.9 Å². The average Bonchev–Trinajstić information content (AvgIpc) is 2.96. The van der Waals surface area contributed by atoms with Gasteiger partial charge in [0, 0.05) is 9.75 Å². The van der Waals surface area contributed by atoms with Crippen LogP contribution in [0.5, 0.6) is 0 Å². The second-order valence-corrected chi connectivity index (χ2v) is 5.73. The van der Waals surface area contributed by atoms with E-state index in [0.717, 1.165) is 14.7 Å². The van der Waals surface area contributed by atoms with Gasteiger partial charge in [-0.1, -0.05) is 18.2 Å². The molecule has 3 rings (SSSR count). The Bertz CT molecular complexity index is 704. The van der Waals surface area contributed by atoms with Crippen LogP contribution in [0.2, 0.25) is 0 Å². The number of nitrogens with one attached hydrogen (secondary N) is 1. The zero-order chi connectivity index (χ0) is 14.1. The van der Waals surface area contributed by atoms with Crippen molar-refractivity contribution in [2.45, 2.75) is 6.92 Å². The van der Waals surface area contributed by atoms with Crippen LogP contribution in [0.3, 0.4) is 0 Å². The van der Waals surface area contributed by atoms with Crippen molar-refractivity contribution < 1.29 is 9.59 Å². The molecule has 20 heavy (non-hydrogen) atoms. The highest BCUT2D eigenvalue weighted by atomic mass is 32.1. The molecule has 0 saturated carbocycles. The van der Waals surface area contributed by atoms with Gasteiger partial charge in [0.1, 0.15) is 5.70 Å². The van der Waals surface area contributed by atoms with Crippen molar-refractivity contribution in [3.8, 4) is 0 Å². The molecule has 2 heterocycles. The maximum absolute atomic E-state index is 12.3. The van der Waals surface area contributed by atoms with Gasteiger partial charge in [0.05, 0.1) is 5.69 Å². The molecule has 1 fully saturated rings. The van der Waals surface area contributed by atoms with Crippen molar-refractivity contribution in [3.63, 3.8) is 0 Å². The topological polar surface area (TPSA) is 49.4 Å². The van der Waals surface area contributed by atoms with Crippen molar-refractivity contribution in [1.29, 1.82) is 0 Å². The minimum atomic E-state index is -0.416. The number of benzene rings is 1. The summed E-state index contributed by atoms with van der Waals surface area (Å²) in [7, 11) is 0. The highest BCUT2D eigenvalue weighted by molar-refractivity contribution is 7.12. The number of rotatable bonds is 2. The molecule has 0 atom stereocenters. The van der Waals surface area contributed by atoms with Crippen LogP contribution in [0.25, 0.3) is 6.08 Å². The first-order valence-electron chi connectivity index (χ1n) is 6.14. The Morgan fingerprint density at radius 2 is 1.85 bits per heavy atom. The second kappa shape index (κ2) is 4.94. The number of aryl methyl sites for hydroxylation is 1. The molecule has 0 radical (unpaired) electrons. The summed E-state index contributed by atoms with van der Waals surface area (Å²) in [5.41, 5.74) is 0.876. The van der Waals surface area contributed by atoms with Crippen LogP contribution in [0.4, 0.5) is 10.5 Å². The van der Waals surface area contributed by atoms with Gasteiger partial charge in [0.15, 0.2) is 0 Å². The summed E-state index contributed by atoms with van der Waals surface area (Å²) < 4.78 is 0. The lowest BCUT2D eigenvalue weighted by Crippen LogP contribution is -2.30. The van der Waals surface area contributed by atoms with E-state index in [9.17, 15) is 9.59 Å². The van der Waals surface area contributed by atoms with Gasteiger partial charge in [-0.2, -0.15) is 0 Å². The highest BCUT2D eigenvalue weighted by Gasteiger charge is 2.34. The second-order valence-electron chi connectivity index (χ2n) is 4.41. The van der Waals surface area contributed by atoms with E-state index in [1.165, 1.54) is 0 Å². The molecule has 3 amide bonds. The number of hydrogen-bond acceptors (Lipinski definition) is 3. The van der Waals surface area contributed by atoms with E-state index in [1.807, 2.05) is 25.1 Å². The molecule has 1 aliphatic heterocycles. The van der Waals surface area contributed by atoms with Gasteiger partial charge < -0.3 is 5.32 Å². The number of carbonyl (C=O) groups excluding carboxylic acids is 2.